The summed E-state index contributed by atoms with van der Waals surface area (Å²) in [4.78, 5) is 26.6. The van der Waals surface area contributed by atoms with Crippen molar-refractivity contribution in [2.24, 2.45) is 5.11 Å². The first-order chi connectivity index (χ1) is 16.0. The van der Waals surface area contributed by atoms with E-state index in [2.05, 4.69) is 15.3 Å². The number of hydrogen-bond acceptors (Lipinski definition) is 4. The van der Waals surface area contributed by atoms with Gasteiger partial charge in [0.2, 0.25) is 0 Å². The number of azide groups is 1. The molecule has 0 unspecified atom stereocenters. The second-order valence-corrected chi connectivity index (χ2v) is 7.53. The largest absolute Gasteiger partial charge is 0.480 e. The molecule has 1 aliphatic carbocycles. The van der Waals surface area contributed by atoms with Crippen molar-refractivity contribution in [3.05, 3.63) is 99.7 Å². The number of carbonyl (C=O) groups excluding carboxylic acids is 1. The van der Waals surface area contributed by atoms with Gasteiger partial charge < -0.3 is 15.2 Å². The van der Waals surface area contributed by atoms with E-state index in [-0.39, 0.29) is 30.2 Å². The molecule has 0 aromatic heterocycles. The molecule has 0 saturated heterocycles. The van der Waals surface area contributed by atoms with Crippen LogP contribution >= 0.6 is 0 Å². The zero-order valence-electron chi connectivity index (χ0n) is 17.3. The summed E-state index contributed by atoms with van der Waals surface area (Å²) in [5.41, 5.74) is 12.8. The Morgan fingerprint density at radius 2 is 1.73 bits per heavy atom. The van der Waals surface area contributed by atoms with E-state index in [1.165, 1.54) is 12.1 Å². The molecule has 0 heterocycles. The Morgan fingerprint density at radius 3 is 2.30 bits per heavy atom. The quantitative estimate of drug-likeness (QED) is 0.290. The van der Waals surface area contributed by atoms with Gasteiger partial charge in [0, 0.05) is 22.9 Å². The number of carboxylic acid groups (broad SMARTS) is 1. The molecule has 166 valence electrons. The summed E-state index contributed by atoms with van der Waals surface area (Å²) in [5, 5.41) is 15.1. The van der Waals surface area contributed by atoms with Crippen LogP contribution in [-0.2, 0) is 16.0 Å². The first-order valence-corrected chi connectivity index (χ1v) is 10.2. The van der Waals surface area contributed by atoms with Gasteiger partial charge in [0.1, 0.15) is 18.5 Å². The molecule has 1 atom stereocenters. The number of benzene rings is 3. The van der Waals surface area contributed by atoms with E-state index in [0.717, 1.165) is 28.3 Å². The van der Waals surface area contributed by atoms with Crippen LogP contribution in [0.2, 0.25) is 0 Å². The van der Waals surface area contributed by atoms with Crippen LogP contribution in [0.4, 0.5) is 14.9 Å². The van der Waals surface area contributed by atoms with Gasteiger partial charge in [-0.15, -0.1) is 0 Å². The van der Waals surface area contributed by atoms with Gasteiger partial charge in [0.25, 0.3) is 0 Å². The van der Waals surface area contributed by atoms with Crippen LogP contribution < -0.4 is 5.32 Å². The summed E-state index contributed by atoms with van der Waals surface area (Å²) in [6.07, 6.45) is -1.21. The number of halogens is 1. The molecule has 0 saturated carbocycles. The topological polar surface area (TPSA) is 124 Å². The Balaban J connectivity index is 1.43. The van der Waals surface area contributed by atoms with E-state index in [1.807, 2.05) is 48.5 Å². The first-order valence-electron chi connectivity index (χ1n) is 10.2. The molecule has 1 aliphatic rings. The Hall–Kier alpha value is -4.36. The Morgan fingerprint density at radius 1 is 1.09 bits per heavy atom. The minimum Gasteiger partial charge on any atom is -0.480 e. The molecule has 3 aromatic carbocycles. The molecular weight excluding hydrogens is 427 g/mol. The van der Waals surface area contributed by atoms with Crippen molar-refractivity contribution in [2.45, 2.75) is 18.4 Å². The summed E-state index contributed by atoms with van der Waals surface area (Å²) in [7, 11) is 0. The van der Waals surface area contributed by atoms with Crippen LogP contribution in [-0.4, -0.2) is 29.8 Å². The van der Waals surface area contributed by atoms with Crippen LogP contribution in [0.1, 0.15) is 22.6 Å². The third kappa shape index (κ3) is 4.63. The number of amides is 1. The Kier molecular flexibility index (Phi) is 6.24. The van der Waals surface area contributed by atoms with Crippen LogP contribution in [0, 0.1) is 5.82 Å². The highest BCUT2D eigenvalue weighted by atomic mass is 19.1. The van der Waals surface area contributed by atoms with Crippen LogP contribution in [0.25, 0.3) is 21.6 Å². The van der Waals surface area contributed by atoms with E-state index >= 15 is 0 Å². The molecule has 33 heavy (non-hydrogen) atoms. The number of aliphatic carboxylic acids is 1. The van der Waals surface area contributed by atoms with Gasteiger partial charge in [0.05, 0.1) is 0 Å². The lowest BCUT2D eigenvalue weighted by Gasteiger charge is -2.18. The SMILES string of the molecule is [N-]=[N+]=Nc1ccc(C[C@@H](NC(=O)OCC2c3ccccc3-c3ccccc32)C(=O)O)c(F)c1. The average Bonchev–Trinajstić information content (AvgIpc) is 3.13. The number of rotatable bonds is 7. The minimum absolute atomic E-state index is 0.0292. The number of nitrogens with one attached hydrogen (secondary N) is 1. The monoisotopic (exact) mass is 446 g/mol. The number of ether oxygens (including phenoxy) is 1. The number of fused-ring (bicyclic) bond motifs is 3. The maximum Gasteiger partial charge on any atom is 0.407 e. The van der Waals surface area contributed by atoms with E-state index in [4.69, 9.17) is 10.3 Å². The standard InChI is InChI=1S/C24H19FN4O4/c25-21-12-15(28-29-26)10-9-14(21)11-22(23(30)31)27-24(32)33-13-20-18-7-3-1-5-16(18)17-6-2-4-8-19(17)20/h1-10,12,20,22H,11,13H2,(H,27,32)(H,30,31)/t22-/m1/s1. The molecule has 0 fully saturated rings. The van der Waals surface area contributed by atoms with E-state index < -0.39 is 23.9 Å². The fourth-order valence-electron chi connectivity index (χ4n) is 4.02. The fourth-order valence-corrected chi connectivity index (χ4v) is 4.02. The van der Waals surface area contributed by atoms with Gasteiger partial charge in [-0.05, 0) is 39.4 Å². The Labute approximate surface area is 188 Å². The zero-order valence-corrected chi connectivity index (χ0v) is 17.3. The van der Waals surface area contributed by atoms with Crippen molar-refractivity contribution in [2.75, 3.05) is 6.61 Å². The molecule has 2 N–H and O–H groups in total. The van der Waals surface area contributed by atoms with Gasteiger partial charge in [-0.2, -0.15) is 0 Å². The summed E-state index contributed by atoms with van der Waals surface area (Å²) < 4.78 is 19.6. The third-order valence-electron chi connectivity index (χ3n) is 5.55. The summed E-state index contributed by atoms with van der Waals surface area (Å²) >= 11 is 0. The zero-order chi connectivity index (χ0) is 23.4. The highest BCUT2D eigenvalue weighted by molar-refractivity contribution is 5.81. The predicted molar refractivity (Wildman–Crippen MR) is 119 cm³/mol. The van der Waals surface area contributed by atoms with Crippen LogP contribution in [0.5, 0.6) is 0 Å². The number of nitrogens with zero attached hydrogens (tertiary/aromatic N) is 3. The second-order valence-electron chi connectivity index (χ2n) is 7.53. The molecule has 1 amide bonds. The van der Waals surface area contributed by atoms with Crippen molar-refractivity contribution in [3.8, 4) is 11.1 Å². The van der Waals surface area contributed by atoms with Crippen LogP contribution in [0.3, 0.4) is 0 Å². The average molecular weight is 446 g/mol. The lowest BCUT2D eigenvalue weighted by Crippen LogP contribution is -2.43. The van der Waals surface area contributed by atoms with E-state index in [1.54, 1.807) is 0 Å². The molecule has 8 nitrogen and oxygen atoms in total. The predicted octanol–water partition coefficient (Wildman–Crippen LogP) is 5.30. The molecular formula is C24H19FN4O4. The van der Waals surface area contributed by atoms with Crippen molar-refractivity contribution < 1.29 is 23.8 Å². The summed E-state index contributed by atoms with van der Waals surface area (Å²) in [6.45, 7) is 0.0292. The normalized spacial score (nSPS) is 12.8. The lowest BCUT2D eigenvalue weighted by atomic mass is 9.98. The molecule has 4 rings (SSSR count). The first kappa shape index (κ1) is 21.9. The Bertz CT molecular complexity index is 1230. The fraction of sp³-hybridized carbons (Fsp3) is 0.167. The van der Waals surface area contributed by atoms with Gasteiger partial charge in [-0.1, -0.05) is 65.8 Å². The lowest BCUT2D eigenvalue weighted by molar-refractivity contribution is -0.139. The van der Waals surface area contributed by atoms with E-state index in [9.17, 15) is 19.1 Å². The third-order valence-corrected chi connectivity index (χ3v) is 5.55. The smallest absolute Gasteiger partial charge is 0.407 e. The number of alkyl carbamates (subject to hydrolysis) is 1. The van der Waals surface area contributed by atoms with Crippen molar-refractivity contribution >= 4 is 17.7 Å². The van der Waals surface area contributed by atoms with Crippen molar-refractivity contribution in [1.82, 2.24) is 5.32 Å². The highest BCUT2D eigenvalue weighted by Crippen LogP contribution is 2.44. The number of carbonyl (C=O) groups is 2. The second kappa shape index (κ2) is 9.42. The molecule has 0 bridgehead atoms. The number of hydrogen-bond donors (Lipinski definition) is 2. The maximum absolute atomic E-state index is 14.2. The molecule has 0 aliphatic heterocycles. The van der Waals surface area contributed by atoms with Gasteiger partial charge >= 0.3 is 12.1 Å². The number of carboxylic acids is 1. The minimum atomic E-state index is -1.40. The molecule has 3 aromatic rings. The van der Waals surface area contributed by atoms with Gasteiger partial charge in [-0.25, -0.2) is 14.0 Å². The maximum atomic E-state index is 14.2. The molecule has 9 heteroatoms. The van der Waals surface area contributed by atoms with E-state index in [0.29, 0.717) is 0 Å². The summed E-state index contributed by atoms with van der Waals surface area (Å²) in [6, 6.07) is 18.0. The highest BCUT2D eigenvalue weighted by Gasteiger charge is 2.30. The van der Waals surface area contributed by atoms with Crippen molar-refractivity contribution in [3.63, 3.8) is 0 Å². The molecule has 0 spiro atoms. The summed E-state index contributed by atoms with van der Waals surface area (Å²) in [5.74, 6) is -2.24. The van der Waals surface area contributed by atoms with Gasteiger partial charge in [-0.3, -0.25) is 0 Å². The van der Waals surface area contributed by atoms with Crippen LogP contribution in [0.15, 0.2) is 71.8 Å². The van der Waals surface area contributed by atoms with Gasteiger partial charge in [0.15, 0.2) is 0 Å². The molecule has 0 radical (unpaired) electrons. The van der Waals surface area contributed by atoms with Crippen molar-refractivity contribution in [1.29, 1.82) is 0 Å².